The number of aliphatic imine (C=N–C) groups is 1. The van der Waals surface area contributed by atoms with Gasteiger partial charge >= 0.3 is 5.97 Å². The smallest absolute Gasteiger partial charge is 0.338 e. The largest absolute Gasteiger partial charge is 0.462 e. The number of ether oxygens (including phenoxy) is 1. The van der Waals surface area contributed by atoms with Gasteiger partial charge in [-0.2, -0.15) is 0 Å². The third-order valence-electron chi connectivity index (χ3n) is 5.88. The van der Waals surface area contributed by atoms with Crippen molar-refractivity contribution in [3.05, 3.63) is 101 Å². The van der Waals surface area contributed by atoms with E-state index in [1.807, 2.05) is 48.5 Å². The molecule has 2 amide bonds. The molecule has 38 heavy (non-hydrogen) atoms. The molecule has 4 rings (SSSR count). The average Bonchev–Trinajstić information content (AvgIpc) is 2.92. The lowest BCUT2D eigenvalue weighted by Crippen LogP contribution is -2.46. The lowest BCUT2D eigenvalue weighted by atomic mass is 10.1. The number of thioether (sulfide) groups is 1. The zero-order chi connectivity index (χ0) is 26.9. The van der Waals surface area contributed by atoms with Crippen molar-refractivity contribution in [2.75, 3.05) is 13.2 Å². The minimum atomic E-state index is -0.613. The molecule has 1 atom stereocenters. The SMILES string of the molecule is CCOC(=O)c1ccc(N=C2SC(C(=O)NCCc3ccccc3)CC(=O)N2Cc2ccccc2Cl)cc1. The van der Waals surface area contributed by atoms with Crippen LogP contribution in [0.2, 0.25) is 5.02 Å². The predicted octanol–water partition coefficient (Wildman–Crippen LogP) is 5.40. The lowest BCUT2D eigenvalue weighted by molar-refractivity contribution is -0.130. The van der Waals surface area contributed by atoms with Crippen molar-refractivity contribution in [3.8, 4) is 0 Å². The summed E-state index contributed by atoms with van der Waals surface area (Å²) < 4.78 is 5.04. The second kappa shape index (κ2) is 13.3. The molecule has 3 aromatic rings. The summed E-state index contributed by atoms with van der Waals surface area (Å²) in [5.74, 6) is -0.836. The molecule has 9 heteroatoms. The van der Waals surface area contributed by atoms with Gasteiger partial charge in [-0.3, -0.25) is 14.5 Å². The van der Waals surface area contributed by atoms with E-state index in [2.05, 4.69) is 5.32 Å². The van der Waals surface area contributed by atoms with Crippen LogP contribution in [0.15, 0.2) is 83.9 Å². The van der Waals surface area contributed by atoms with Gasteiger partial charge in [0.25, 0.3) is 0 Å². The van der Waals surface area contributed by atoms with Crippen molar-refractivity contribution in [1.29, 1.82) is 0 Å². The molecule has 7 nitrogen and oxygen atoms in total. The number of esters is 1. The zero-order valence-electron chi connectivity index (χ0n) is 20.9. The number of carbonyl (C=O) groups excluding carboxylic acids is 3. The van der Waals surface area contributed by atoms with Crippen molar-refractivity contribution in [2.45, 2.75) is 31.6 Å². The van der Waals surface area contributed by atoms with Gasteiger partial charge in [-0.15, -0.1) is 0 Å². The molecular weight excluding hydrogens is 522 g/mol. The number of hydrogen-bond acceptors (Lipinski definition) is 6. The number of amides is 2. The molecular formula is C29H28ClN3O4S. The first-order chi connectivity index (χ1) is 18.4. The number of carbonyl (C=O) groups is 3. The monoisotopic (exact) mass is 549 g/mol. The summed E-state index contributed by atoms with van der Waals surface area (Å²) in [4.78, 5) is 44.5. The van der Waals surface area contributed by atoms with E-state index >= 15 is 0 Å². The van der Waals surface area contributed by atoms with Crippen LogP contribution in [0.3, 0.4) is 0 Å². The maximum atomic E-state index is 13.3. The molecule has 1 saturated heterocycles. The van der Waals surface area contributed by atoms with Gasteiger partial charge in [0, 0.05) is 18.0 Å². The molecule has 0 aliphatic carbocycles. The second-order valence-electron chi connectivity index (χ2n) is 8.57. The highest BCUT2D eigenvalue weighted by Crippen LogP contribution is 2.31. The average molecular weight is 550 g/mol. The molecule has 0 saturated carbocycles. The first-order valence-corrected chi connectivity index (χ1v) is 13.6. The van der Waals surface area contributed by atoms with Gasteiger partial charge in [-0.25, -0.2) is 9.79 Å². The first-order valence-electron chi connectivity index (χ1n) is 12.3. The Bertz CT molecular complexity index is 1310. The number of nitrogens with one attached hydrogen (secondary N) is 1. The van der Waals surface area contributed by atoms with Crippen LogP contribution in [-0.4, -0.2) is 46.3 Å². The highest BCUT2D eigenvalue weighted by Gasteiger charge is 2.36. The molecule has 3 aromatic carbocycles. The molecule has 0 radical (unpaired) electrons. The van der Waals surface area contributed by atoms with Crippen LogP contribution < -0.4 is 5.32 Å². The molecule has 1 heterocycles. The summed E-state index contributed by atoms with van der Waals surface area (Å²) >= 11 is 7.61. The second-order valence-corrected chi connectivity index (χ2v) is 10.1. The van der Waals surface area contributed by atoms with Crippen molar-refractivity contribution < 1.29 is 19.1 Å². The fourth-order valence-electron chi connectivity index (χ4n) is 3.88. The topological polar surface area (TPSA) is 88.1 Å². The summed E-state index contributed by atoms with van der Waals surface area (Å²) in [5.41, 5.74) is 2.85. The molecule has 196 valence electrons. The summed E-state index contributed by atoms with van der Waals surface area (Å²) in [6.45, 7) is 2.73. The van der Waals surface area contributed by atoms with Gasteiger partial charge in [0.1, 0.15) is 0 Å². The van der Waals surface area contributed by atoms with Gasteiger partial charge in [0.05, 0.1) is 29.7 Å². The standard InChI is InChI=1S/C29H28ClN3O4S/c1-2-37-28(36)21-12-14-23(15-13-21)32-29-33(19-22-10-6-7-11-24(22)30)26(34)18-25(38-29)27(35)31-17-16-20-8-4-3-5-9-20/h3-15,25H,2,16-19H2,1H3,(H,31,35). The summed E-state index contributed by atoms with van der Waals surface area (Å²) in [6.07, 6.45) is 0.747. The normalized spacial score (nSPS) is 16.4. The number of halogens is 1. The summed E-state index contributed by atoms with van der Waals surface area (Å²) in [7, 11) is 0. The fraction of sp³-hybridized carbons (Fsp3) is 0.241. The number of amidine groups is 1. The number of benzene rings is 3. The van der Waals surface area contributed by atoms with Crippen LogP contribution >= 0.6 is 23.4 Å². The van der Waals surface area contributed by atoms with Crippen LogP contribution in [-0.2, 0) is 27.3 Å². The highest BCUT2D eigenvalue weighted by molar-refractivity contribution is 8.15. The minimum Gasteiger partial charge on any atom is -0.462 e. The van der Waals surface area contributed by atoms with E-state index in [0.29, 0.717) is 34.4 Å². The molecule has 1 N–H and O–H groups in total. The van der Waals surface area contributed by atoms with E-state index in [9.17, 15) is 14.4 Å². The van der Waals surface area contributed by atoms with Gasteiger partial charge in [-0.05, 0) is 54.8 Å². The molecule has 1 aliphatic rings. The molecule has 0 spiro atoms. The third-order valence-corrected chi connectivity index (χ3v) is 7.43. The fourth-order valence-corrected chi connectivity index (χ4v) is 5.20. The minimum absolute atomic E-state index is 0.0487. The van der Waals surface area contributed by atoms with Crippen molar-refractivity contribution in [2.24, 2.45) is 4.99 Å². The van der Waals surface area contributed by atoms with Crippen molar-refractivity contribution in [1.82, 2.24) is 10.2 Å². The van der Waals surface area contributed by atoms with E-state index in [1.54, 1.807) is 42.2 Å². The maximum Gasteiger partial charge on any atom is 0.338 e. The highest BCUT2D eigenvalue weighted by atomic mass is 35.5. The van der Waals surface area contributed by atoms with Gasteiger partial charge in [0.15, 0.2) is 5.17 Å². The summed E-state index contributed by atoms with van der Waals surface area (Å²) in [5, 5.41) is 3.28. The Morgan fingerprint density at radius 1 is 1.05 bits per heavy atom. The van der Waals surface area contributed by atoms with Crippen molar-refractivity contribution in [3.63, 3.8) is 0 Å². The maximum absolute atomic E-state index is 13.3. The Balaban J connectivity index is 1.53. The Morgan fingerprint density at radius 2 is 1.76 bits per heavy atom. The molecule has 1 aliphatic heterocycles. The Hall–Kier alpha value is -3.62. The Morgan fingerprint density at radius 3 is 2.47 bits per heavy atom. The van der Waals surface area contributed by atoms with Crippen LogP contribution in [0.4, 0.5) is 5.69 Å². The Labute approximate surface area is 231 Å². The number of hydrogen-bond donors (Lipinski definition) is 1. The van der Waals surface area contributed by atoms with Crippen LogP contribution in [0.1, 0.15) is 34.8 Å². The predicted molar refractivity (Wildman–Crippen MR) is 151 cm³/mol. The van der Waals surface area contributed by atoms with E-state index in [-0.39, 0.29) is 31.4 Å². The number of rotatable bonds is 9. The van der Waals surface area contributed by atoms with E-state index in [4.69, 9.17) is 21.3 Å². The van der Waals surface area contributed by atoms with Crippen LogP contribution in [0, 0.1) is 0 Å². The Kier molecular flexibility index (Phi) is 9.56. The quantitative estimate of drug-likeness (QED) is 0.361. The van der Waals surface area contributed by atoms with E-state index in [1.165, 1.54) is 11.8 Å². The molecule has 1 unspecified atom stereocenters. The zero-order valence-corrected chi connectivity index (χ0v) is 22.5. The van der Waals surface area contributed by atoms with Gasteiger partial charge in [-0.1, -0.05) is 71.9 Å². The van der Waals surface area contributed by atoms with Crippen molar-refractivity contribution >= 4 is 52.0 Å². The molecule has 0 aromatic heterocycles. The number of nitrogens with zero attached hydrogens (tertiary/aromatic N) is 2. The van der Waals surface area contributed by atoms with Gasteiger partial charge in [0.2, 0.25) is 11.8 Å². The van der Waals surface area contributed by atoms with Crippen LogP contribution in [0.5, 0.6) is 0 Å². The third kappa shape index (κ3) is 7.24. The van der Waals surface area contributed by atoms with E-state index < -0.39 is 11.2 Å². The molecule has 1 fully saturated rings. The lowest BCUT2D eigenvalue weighted by Gasteiger charge is -2.32. The summed E-state index contributed by atoms with van der Waals surface area (Å²) in [6, 6.07) is 23.8. The molecule has 0 bridgehead atoms. The first kappa shape index (κ1) is 27.4. The van der Waals surface area contributed by atoms with Crippen LogP contribution in [0.25, 0.3) is 0 Å². The van der Waals surface area contributed by atoms with Gasteiger partial charge < -0.3 is 10.1 Å². The van der Waals surface area contributed by atoms with E-state index in [0.717, 1.165) is 11.1 Å².